The Kier molecular flexibility index (Phi) is 2.39. The summed E-state index contributed by atoms with van der Waals surface area (Å²) in [6, 6.07) is 0. The zero-order valence-corrected chi connectivity index (χ0v) is 9.11. The zero-order valence-electron chi connectivity index (χ0n) is 7.53. The Balaban J connectivity index is 2.76. The van der Waals surface area contributed by atoms with E-state index in [-0.39, 0.29) is 6.61 Å². The van der Waals surface area contributed by atoms with E-state index in [1.807, 2.05) is 0 Å². The van der Waals surface area contributed by atoms with Crippen LogP contribution in [0.1, 0.15) is 5.69 Å². The fourth-order valence-corrected chi connectivity index (χ4v) is 1.67. The van der Waals surface area contributed by atoms with Gasteiger partial charge in [0.2, 0.25) is 0 Å². The molecule has 2 rings (SSSR count). The lowest BCUT2D eigenvalue weighted by Gasteiger charge is -2.03. The summed E-state index contributed by atoms with van der Waals surface area (Å²) in [4.78, 5) is 8.37. The van der Waals surface area contributed by atoms with Crippen molar-refractivity contribution in [1.29, 1.82) is 0 Å². The Morgan fingerprint density at radius 3 is 3.07 bits per heavy atom. The minimum Gasteiger partial charge on any atom is -0.390 e. The van der Waals surface area contributed by atoms with E-state index in [1.165, 1.54) is 0 Å². The summed E-state index contributed by atoms with van der Waals surface area (Å²) in [6.07, 6.45) is 3.40. The van der Waals surface area contributed by atoms with Crippen molar-refractivity contribution in [3.8, 4) is 0 Å². The van der Waals surface area contributed by atoms with E-state index in [4.69, 9.17) is 5.11 Å². The van der Waals surface area contributed by atoms with E-state index >= 15 is 0 Å². The lowest BCUT2D eigenvalue weighted by molar-refractivity contribution is 0.276. The first kappa shape index (κ1) is 9.42. The van der Waals surface area contributed by atoms with Crippen LogP contribution in [0.25, 0.3) is 5.65 Å². The highest BCUT2D eigenvalue weighted by molar-refractivity contribution is 9.10. The predicted octanol–water partition coefficient (Wildman–Crippen LogP) is 1.03. The molecule has 5 nitrogen and oxygen atoms in total. The summed E-state index contributed by atoms with van der Waals surface area (Å²) >= 11 is 3.29. The second-order valence-corrected chi connectivity index (χ2v) is 3.58. The third kappa shape index (κ3) is 1.36. The number of halogens is 1. The van der Waals surface area contributed by atoms with Gasteiger partial charge in [-0.05, 0) is 15.9 Å². The van der Waals surface area contributed by atoms with Crippen LogP contribution < -0.4 is 5.32 Å². The fraction of sp³-hybridized carbons (Fsp3) is 0.250. The van der Waals surface area contributed by atoms with Gasteiger partial charge in [0.25, 0.3) is 0 Å². The molecule has 2 aromatic heterocycles. The molecule has 0 spiro atoms. The summed E-state index contributed by atoms with van der Waals surface area (Å²) in [5.74, 6) is 0.680. The van der Waals surface area contributed by atoms with Crippen molar-refractivity contribution in [2.45, 2.75) is 6.61 Å². The SMILES string of the molecule is CNc1nc(Br)cn2c(CO)cnc12. The van der Waals surface area contributed by atoms with Gasteiger partial charge in [-0.15, -0.1) is 0 Å². The summed E-state index contributed by atoms with van der Waals surface area (Å²) in [5, 5.41) is 12.0. The molecule has 0 amide bonds. The Hall–Kier alpha value is -1.14. The molecular formula is C8H9BrN4O. The van der Waals surface area contributed by atoms with Crippen LogP contribution in [-0.2, 0) is 6.61 Å². The van der Waals surface area contributed by atoms with Gasteiger partial charge in [0.05, 0.1) is 18.5 Å². The van der Waals surface area contributed by atoms with Crippen LogP contribution in [0.3, 0.4) is 0 Å². The smallest absolute Gasteiger partial charge is 0.180 e. The maximum Gasteiger partial charge on any atom is 0.180 e. The molecule has 0 aliphatic carbocycles. The van der Waals surface area contributed by atoms with Crippen molar-refractivity contribution in [3.05, 3.63) is 22.7 Å². The number of imidazole rings is 1. The van der Waals surface area contributed by atoms with Gasteiger partial charge in [-0.25, -0.2) is 9.97 Å². The zero-order chi connectivity index (χ0) is 10.1. The van der Waals surface area contributed by atoms with Crippen LogP contribution in [0.15, 0.2) is 17.0 Å². The minimum absolute atomic E-state index is 0.0409. The number of aliphatic hydroxyl groups is 1. The highest BCUT2D eigenvalue weighted by atomic mass is 79.9. The Morgan fingerprint density at radius 2 is 2.43 bits per heavy atom. The molecule has 0 bridgehead atoms. The van der Waals surface area contributed by atoms with Crippen LogP contribution in [0.4, 0.5) is 5.82 Å². The number of nitrogens with zero attached hydrogens (tertiary/aromatic N) is 3. The summed E-state index contributed by atoms with van der Waals surface area (Å²) in [5.41, 5.74) is 1.44. The molecule has 2 heterocycles. The first-order valence-electron chi connectivity index (χ1n) is 4.07. The van der Waals surface area contributed by atoms with Crippen molar-refractivity contribution in [2.75, 3.05) is 12.4 Å². The van der Waals surface area contributed by atoms with E-state index in [0.717, 1.165) is 5.69 Å². The molecule has 0 fully saturated rings. The molecule has 2 N–H and O–H groups in total. The molecule has 2 aromatic rings. The Morgan fingerprint density at radius 1 is 1.64 bits per heavy atom. The largest absolute Gasteiger partial charge is 0.390 e. The van der Waals surface area contributed by atoms with Gasteiger partial charge in [-0.1, -0.05) is 0 Å². The number of hydrogen-bond acceptors (Lipinski definition) is 4. The maximum absolute atomic E-state index is 9.06. The molecule has 0 saturated carbocycles. The lowest BCUT2D eigenvalue weighted by Crippen LogP contribution is -2.00. The van der Waals surface area contributed by atoms with Crippen LogP contribution in [0.2, 0.25) is 0 Å². The van der Waals surface area contributed by atoms with Crippen LogP contribution in [0.5, 0.6) is 0 Å². The quantitative estimate of drug-likeness (QED) is 0.843. The highest BCUT2D eigenvalue weighted by Crippen LogP contribution is 2.18. The second-order valence-electron chi connectivity index (χ2n) is 2.76. The molecule has 0 radical (unpaired) electrons. The number of fused-ring (bicyclic) bond motifs is 1. The molecular weight excluding hydrogens is 248 g/mol. The number of hydrogen-bond donors (Lipinski definition) is 2. The maximum atomic E-state index is 9.06. The van der Waals surface area contributed by atoms with E-state index < -0.39 is 0 Å². The van der Waals surface area contributed by atoms with Gasteiger partial charge in [0, 0.05) is 13.2 Å². The van der Waals surface area contributed by atoms with E-state index in [0.29, 0.717) is 16.1 Å². The molecule has 0 aromatic carbocycles. The van der Waals surface area contributed by atoms with Gasteiger partial charge in [-0.2, -0.15) is 0 Å². The Bertz CT molecular complexity index is 468. The third-order valence-corrected chi connectivity index (χ3v) is 2.32. The lowest BCUT2D eigenvalue weighted by atomic mass is 10.5. The molecule has 74 valence electrons. The van der Waals surface area contributed by atoms with Gasteiger partial charge in [-0.3, -0.25) is 4.40 Å². The van der Waals surface area contributed by atoms with Crippen molar-refractivity contribution < 1.29 is 5.11 Å². The average molecular weight is 257 g/mol. The van der Waals surface area contributed by atoms with Gasteiger partial charge in [0.1, 0.15) is 4.60 Å². The number of rotatable bonds is 2. The summed E-state index contributed by atoms with van der Waals surface area (Å²) < 4.78 is 2.49. The topological polar surface area (TPSA) is 62.5 Å². The molecule has 0 unspecified atom stereocenters. The van der Waals surface area contributed by atoms with E-state index in [1.54, 1.807) is 23.8 Å². The van der Waals surface area contributed by atoms with Crippen molar-refractivity contribution in [1.82, 2.24) is 14.4 Å². The average Bonchev–Trinajstić information content (AvgIpc) is 2.59. The molecule has 14 heavy (non-hydrogen) atoms. The number of nitrogens with one attached hydrogen (secondary N) is 1. The third-order valence-electron chi connectivity index (χ3n) is 1.94. The van der Waals surface area contributed by atoms with Gasteiger partial charge in [0.15, 0.2) is 11.5 Å². The van der Waals surface area contributed by atoms with E-state index in [2.05, 4.69) is 31.2 Å². The number of anilines is 1. The van der Waals surface area contributed by atoms with Gasteiger partial charge < -0.3 is 10.4 Å². The van der Waals surface area contributed by atoms with Crippen LogP contribution in [0, 0.1) is 0 Å². The van der Waals surface area contributed by atoms with Crippen LogP contribution in [-0.4, -0.2) is 26.5 Å². The molecule has 0 aliphatic rings. The monoisotopic (exact) mass is 256 g/mol. The summed E-state index contributed by atoms with van der Waals surface area (Å²) in [7, 11) is 1.78. The minimum atomic E-state index is -0.0409. The first-order valence-corrected chi connectivity index (χ1v) is 4.86. The molecule has 6 heteroatoms. The van der Waals surface area contributed by atoms with Crippen molar-refractivity contribution in [2.24, 2.45) is 0 Å². The highest BCUT2D eigenvalue weighted by Gasteiger charge is 2.08. The number of aromatic nitrogens is 3. The van der Waals surface area contributed by atoms with Crippen molar-refractivity contribution >= 4 is 27.4 Å². The first-order chi connectivity index (χ1) is 6.76. The second kappa shape index (κ2) is 3.55. The standard InChI is InChI=1S/C8H9BrN4O/c1-10-7-8-11-2-5(4-14)13(8)3-6(9)12-7/h2-3,14H,4H2,1H3,(H,10,12). The van der Waals surface area contributed by atoms with Crippen molar-refractivity contribution in [3.63, 3.8) is 0 Å². The molecule has 0 saturated heterocycles. The fourth-order valence-electron chi connectivity index (χ4n) is 1.29. The molecule has 0 aliphatic heterocycles. The summed E-state index contributed by atoms with van der Waals surface area (Å²) in [6.45, 7) is -0.0409. The normalized spacial score (nSPS) is 10.8. The van der Waals surface area contributed by atoms with Gasteiger partial charge >= 0.3 is 0 Å². The number of aliphatic hydroxyl groups excluding tert-OH is 1. The van der Waals surface area contributed by atoms with Crippen LogP contribution >= 0.6 is 15.9 Å². The Labute approximate surface area is 88.9 Å². The molecule has 0 atom stereocenters. The predicted molar refractivity (Wildman–Crippen MR) is 56.2 cm³/mol. The van der Waals surface area contributed by atoms with E-state index in [9.17, 15) is 0 Å².